The molecule has 0 bridgehead atoms. The summed E-state index contributed by atoms with van der Waals surface area (Å²) in [6.45, 7) is 0.0549. The van der Waals surface area contributed by atoms with Gasteiger partial charge in [-0.1, -0.05) is 24.1 Å². The van der Waals surface area contributed by atoms with E-state index in [0.29, 0.717) is 23.7 Å². The molecule has 0 spiro atoms. The third-order valence-electron chi connectivity index (χ3n) is 3.46. The second-order valence-electron chi connectivity index (χ2n) is 5.35. The number of esters is 1. The topological polar surface area (TPSA) is 75.7 Å². The van der Waals surface area contributed by atoms with Gasteiger partial charge in [0.1, 0.15) is 6.54 Å². The van der Waals surface area contributed by atoms with E-state index >= 15 is 0 Å². The molecule has 1 aliphatic heterocycles. The van der Waals surface area contributed by atoms with Crippen molar-refractivity contribution >= 4 is 35.1 Å². The van der Waals surface area contributed by atoms with Gasteiger partial charge in [-0.3, -0.25) is 14.4 Å². The molecule has 7 heteroatoms. The molecule has 2 amide bonds. The van der Waals surface area contributed by atoms with E-state index in [4.69, 9.17) is 16.3 Å². The molecule has 1 aromatic carbocycles. The van der Waals surface area contributed by atoms with Crippen molar-refractivity contribution < 1.29 is 19.1 Å². The first kappa shape index (κ1) is 17.3. The molecule has 1 N–H and O–H groups in total. The molecule has 1 fully saturated rings. The summed E-state index contributed by atoms with van der Waals surface area (Å²) in [7, 11) is 0. The Morgan fingerprint density at radius 3 is 2.87 bits per heavy atom. The minimum Gasteiger partial charge on any atom is -0.454 e. The first-order valence-corrected chi connectivity index (χ1v) is 7.91. The van der Waals surface area contributed by atoms with Crippen LogP contribution in [0.5, 0.6) is 0 Å². The zero-order valence-electron chi connectivity index (χ0n) is 12.7. The van der Waals surface area contributed by atoms with Gasteiger partial charge in [0.2, 0.25) is 5.91 Å². The first-order valence-electron chi connectivity index (χ1n) is 7.53. The van der Waals surface area contributed by atoms with Crippen molar-refractivity contribution in [3.05, 3.63) is 29.3 Å². The second-order valence-corrected chi connectivity index (χ2v) is 5.78. The van der Waals surface area contributed by atoms with Crippen LogP contribution in [0.1, 0.15) is 25.7 Å². The highest BCUT2D eigenvalue weighted by Crippen LogP contribution is 2.14. The maximum Gasteiger partial charge on any atom is 0.326 e. The quantitative estimate of drug-likeness (QED) is 0.835. The van der Waals surface area contributed by atoms with Crippen LogP contribution in [0.2, 0.25) is 5.02 Å². The maximum absolute atomic E-state index is 11.8. The summed E-state index contributed by atoms with van der Waals surface area (Å²) < 4.78 is 4.92. The lowest BCUT2D eigenvalue weighted by molar-refractivity contribution is -0.151. The minimum atomic E-state index is -0.582. The van der Waals surface area contributed by atoms with Gasteiger partial charge in [-0.05, 0) is 31.0 Å². The predicted octanol–water partition coefficient (Wildman–Crippen LogP) is 2.22. The van der Waals surface area contributed by atoms with E-state index in [2.05, 4.69) is 5.32 Å². The number of nitrogens with one attached hydrogen (secondary N) is 1. The summed E-state index contributed by atoms with van der Waals surface area (Å²) >= 11 is 5.82. The van der Waals surface area contributed by atoms with E-state index in [-0.39, 0.29) is 12.5 Å². The Hall–Kier alpha value is -2.08. The number of ether oxygens (including phenoxy) is 1. The number of benzene rings is 1. The number of carbonyl (C=O) groups excluding carboxylic acids is 3. The number of amides is 2. The number of nitrogens with zero attached hydrogens (tertiary/aromatic N) is 1. The highest BCUT2D eigenvalue weighted by atomic mass is 35.5. The van der Waals surface area contributed by atoms with E-state index in [9.17, 15) is 14.4 Å². The van der Waals surface area contributed by atoms with Gasteiger partial charge < -0.3 is 15.0 Å². The van der Waals surface area contributed by atoms with Crippen molar-refractivity contribution in [3.63, 3.8) is 0 Å². The molecule has 124 valence electrons. The van der Waals surface area contributed by atoms with Crippen LogP contribution in [0.3, 0.4) is 0 Å². The zero-order chi connectivity index (χ0) is 16.7. The lowest BCUT2D eigenvalue weighted by Crippen LogP contribution is -2.36. The molecule has 23 heavy (non-hydrogen) atoms. The Morgan fingerprint density at radius 2 is 2.09 bits per heavy atom. The van der Waals surface area contributed by atoms with Crippen LogP contribution in [0.25, 0.3) is 0 Å². The Balaban J connectivity index is 1.75. The van der Waals surface area contributed by atoms with Crippen LogP contribution in [-0.2, 0) is 19.1 Å². The molecule has 0 saturated carbocycles. The van der Waals surface area contributed by atoms with Crippen LogP contribution in [-0.4, -0.2) is 42.4 Å². The third kappa shape index (κ3) is 5.90. The van der Waals surface area contributed by atoms with E-state index < -0.39 is 18.5 Å². The van der Waals surface area contributed by atoms with Gasteiger partial charge in [0.25, 0.3) is 5.91 Å². The molecule has 2 rings (SSSR count). The van der Waals surface area contributed by atoms with Crippen LogP contribution in [0.4, 0.5) is 5.69 Å². The fourth-order valence-corrected chi connectivity index (χ4v) is 2.51. The first-order chi connectivity index (χ1) is 11.0. The van der Waals surface area contributed by atoms with E-state index in [1.165, 1.54) is 4.90 Å². The van der Waals surface area contributed by atoms with Crippen LogP contribution >= 0.6 is 11.6 Å². The molecule has 1 aliphatic rings. The minimum absolute atomic E-state index is 0.0390. The van der Waals surface area contributed by atoms with Crippen molar-refractivity contribution in [2.24, 2.45) is 0 Å². The lowest BCUT2D eigenvalue weighted by atomic mass is 10.2. The Bertz CT molecular complexity index is 591. The van der Waals surface area contributed by atoms with Crippen molar-refractivity contribution in [1.29, 1.82) is 0 Å². The van der Waals surface area contributed by atoms with E-state index in [0.717, 1.165) is 19.3 Å². The molecule has 0 atom stereocenters. The number of rotatable bonds is 5. The lowest BCUT2D eigenvalue weighted by Gasteiger charge is -2.19. The van der Waals surface area contributed by atoms with Crippen LogP contribution in [0, 0.1) is 0 Å². The Kier molecular flexibility index (Phi) is 6.40. The number of hydrogen-bond acceptors (Lipinski definition) is 4. The Labute approximate surface area is 139 Å². The highest BCUT2D eigenvalue weighted by Gasteiger charge is 2.20. The molecule has 0 aromatic heterocycles. The van der Waals surface area contributed by atoms with Crippen molar-refractivity contribution in [3.8, 4) is 0 Å². The van der Waals surface area contributed by atoms with E-state index in [1.807, 2.05) is 0 Å². The molecular weight excluding hydrogens is 320 g/mol. The fraction of sp³-hybridized carbons (Fsp3) is 0.438. The molecule has 0 aliphatic carbocycles. The largest absolute Gasteiger partial charge is 0.454 e. The monoisotopic (exact) mass is 338 g/mol. The van der Waals surface area contributed by atoms with Gasteiger partial charge in [-0.25, -0.2) is 0 Å². The molecule has 1 aromatic rings. The van der Waals surface area contributed by atoms with Crippen molar-refractivity contribution in [1.82, 2.24) is 4.90 Å². The summed E-state index contributed by atoms with van der Waals surface area (Å²) in [5.74, 6) is -1.08. The maximum atomic E-state index is 11.8. The van der Waals surface area contributed by atoms with Gasteiger partial charge in [-0.15, -0.1) is 0 Å². The standard InChI is InChI=1S/C16H19ClN2O4/c17-12-5-4-6-13(9-12)18-14(20)11-23-16(22)10-19-8-3-1-2-7-15(19)21/h4-6,9H,1-3,7-8,10-11H2,(H,18,20). The number of anilines is 1. The molecule has 6 nitrogen and oxygen atoms in total. The number of halogens is 1. The zero-order valence-corrected chi connectivity index (χ0v) is 13.5. The van der Waals surface area contributed by atoms with Gasteiger partial charge in [0.05, 0.1) is 0 Å². The average Bonchev–Trinajstić information content (AvgIpc) is 2.70. The average molecular weight is 339 g/mol. The highest BCUT2D eigenvalue weighted by molar-refractivity contribution is 6.30. The van der Waals surface area contributed by atoms with Crippen molar-refractivity contribution in [2.75, 3.05) is 25.0 Å². The van der Waals surface area contributed by atoms with Gasteiger partial charge in [0, 0.05) is 23.7 Å². The smallest absolute Gasteiger partial charge is 0.326 e. The molecule has 1 saturated heterocycles. The van der Waals surface area contributed by atoms with Gasteiger partial charge >= 0.3 is 5.97 Å². The second kappa shape index (κ2) is 8.53. The van der Waals surface area contributed by atoms with Crippen LogP contribution < -0.4 is 5.32 Å². The fourth-order valence-electron chi connectivity index (χ4n) is 2.32. The molecule has 0 unspecified atom stereocenters. The summed E-state index contributed by atoms with van der Waals surface area (Å²) in [5, 5.41) is 3.08. The SMILES string of the molecule is O=C(COC(=O)CN1CCCCCC1=O)Nc1cccc(Cl)c1. The molecule has 1 heterocycles. The summed E-state index contributed by atoms with van der Waals surface area (Å²) in [6.07, 6.45) is 3.18. The summed E-state index contributed by atoms with van der Waals surface area (Å²) in [6, 6.07) is 6.67. The third-order valence-corrected chi connectivity index (χ3v) is 3.70. The number of likely N-dealkylation sites (tertiary alicyclic amines) is 1. The summed E-state index contributed by atoms with van der Waals surface area (Å²) in [4.78, 5) is 36.8. The normalized spacial score (nSPS) is 15.0. The number of carbonyl (C=O) groups is 3. The van der Waals surface area contributed by atoms with Crippen LogP contribution in [0.15, 0.2) is 24.3 Å². The molecule has 0 radical (unpaired) electrons. The van der Waals surface area contributed by atoms with Gasteiger partial charge in [0.15, 0.2) is 6.61 Å². The summed E-state index contributed by atoms with van der Waals surface area (Å²) in [5.41, 5.74) is 0.529. The van der Waals surface area contributed by atoms with Gasteiger partial charge in [-0.2, -0.15) is 0 Å². The number of hydrogen-bond donors (Lipinski definition) is 1. The molecular formula is C16H19ClN2O4. The van der Waals surface area contributed by atoms with Crippen molar-refractivity contribution in [2.45, 2.75) is 25.7 Å². The Morgan fingerprint density at radius 1 is 1.26 bits per heavy atom. The predicted molar refractivity (Wildman–Crippen MR) is 86.1 cm³/mol. The van der Waals surface area contributed by atoms with E-state index in [1.54, 1.807) is 24.3 Å².